The van der Waals surface area contributed by atoms with E-state index in [2.05, 4.69) is 21.2 Å². The van der Waals surface area contributed by atoms with Crippen LogP contribution in [0.5, 0.6) is 0 Å². The van der Waals surface area contributed by atoms with Crippen molar-refractivity contribution in [2.75, 3.05) is 12.4 Å². The van der Waals surface area contributed by atoms with Crippen molar-refractivity contribution < 1.29 is 18.4 Å². The minimum absolute atomic E-state index is 0.0191. The van der Waals surface area contributed by atoms with Crippen molar-refractivity contribution in [3.63, 3.8) is 0 Å². The van der Waals surface area contributed by atoms with Crippen LogP contribution in [0.2, 0.25) is 0 Å². The Bertz CT molecular complexity index is 1020. The predicted octanol–water partition coefficient (Wildman–Crippen LogP) is 3.74. The Labute approximate surface area is 168 Å². The molecular weight excluding hydrogens is 436 g/mol. The van der Waals surface area contributed by atoms with Gasteiger partial charge in [-0.3, -0.25) is 14.4 Å². The first-order valence-corrected chi connectivity index (χ1v) is 9.76. The number of benzene rings is 1. The third-order valence-electron chi connectivity index (χ3n) is 4.99. The van der Waals surface area contributed by atoms with Crippen LogP contribution in [0.1, 0.15) is 35.3 Å². The summed E-state index contributed by atoms with van der Waals surface area (Å²) in [5.41, 5.74) is -0.704. The maximum Gasteiger partial charge on any atom is 0.289 e. The molecule has 1 aliphatic heterocycles. The summed E-state index contributed by atoms with van der Waals surface area (Å²) in [5.74, 6) is -2.28. The molecule has 0 radical (unpaired) electrons. The third-order valence-corrected chi connectivity index (χ3v) is 5.49. The van der Waals surface area contributed by atoms with Gasteiger partial charge in [-0.05, 0) is 43.9 Å². The molecule has 2 heterocycles. The molecule has 6 nitrogen and oxygen atoms in total. The summed E-state index contributed by atoms with van der Waals surface area (Å²) in [5, 5.41) is 3.85. The van der Waals surface area contributed by atoms with Gasteiger partial charge in [-0.2, -0.15) is 4.39 Å². The number of hydrogen-bond donors (Lipinski definition) is 1. The molecule has 28 heavy (non-hydrogen) atoms. The quantitative estimate of drug-likeness (QED) is 0.700. The zero-order valence-corrected chi connectivity index (χ0v) is 16.7. The van der Waals surface area contributed by atoms with E-state index >= 15 is 4.39 Å². The lowest BCUT2D eigenvalue weighted by Gasteiger charge is -2.23. The molecule has 1 N–H and O–H groups in total. The molecule has 0 saturated heterocycles. The van der Waals surface area contributed by atoms with Gasteiger partial charge in [-0.15, -0.1) is 0 Å². The van der Waals surface area contributed by atoms with E-state index in [1.54, 1.807) is 6.07 Å². The van der Waals surface area contributed by atoms with Gasteiger partial charge in [0.1, 0.15) is 5.82 Å². The second-order valence-electron chi connectivity index (χ2n) is 6.86. The molecule has 1 aromatic carbocycles. The highest BCUT2D eigenvalue weighted by atomic mass is 79.9. The first-order valence-electron chi connectivity index (χ1n) is 8.97. The molecule has 1 saturated carbocycles. The van der Waals surface area contributed by atoms with Crippen LogP contribution < -0.4 is 10.9 Å². The molecule has 9 heteroatoms. The SMILES string of the molecule is CON(C(=O)c1c(Nc2ccc(Br)cc2F)c(F)c(=O)n2c1CCC2)C1CC1. The Hall–Kier alpha value is -2.26. The lowest BCUT2D eigenvalue weighted by molar-refractivity contribution is -0.102. The van der Waals surface area contributed by atoms with E-state index in [1.807, 2.05) is 0 Å². The molecule has 0 unspecified atom stereocenters. The monoisotopic (exact) mass is 453 g/mol. The van der Waals surface area contributed by atoms with Gasteiger partial charge in [0.2, 0.25) is 5.82 Å². The zero-order chi connectivity index (χ0) is 20.0. The number of hydroxylamine groups is 2. The van der Waals surface area contributed by atoms with Gasteiger partial charge in [0, 0.05) is 16.7 Å². The highest BCUT2D eigenvalue weighted by molar-refractivity contribution is 9.10. The van der Waals surface area contributed by atoms with Gasteiger partial charge in [-0.25, -0.2) is 9.45 Å². The summed E-state index contributed by atoms with van der Waals surface area (Å²) in [4.78, 5) is 30.9. The number of aromatic nitrogens is 1. The largest absolute Gasteiger partial charge is 0.350 e. The van der Waals surface area contributed by atoms with Gasteiger partial charge < -0.3 is 9.88 Å². The van der Waals surface area contributed by atoms with E-state index in [4.69, 9.17) is 4.84 Å². The van der Waals surface area contributed by atoms with Gasteiger partial charge in [0.05, 0.1) is 30.1 Å². The van der Waals surface area contributed by atoms with E-state index in [1.165, 1.54) is 28.9 Å². The number of nitrogens with one attached hydrogen (secondary N) is 1. The van der Waals surface area contributed by atoms with Crippen molar-refractivity contribution in [2.24, 2.45) is 0 Å². The van der Waals surface area contributed by atoms with Crippen molar-refractivity contribution in [1.29, 1.82) is 0 Å². The van der Waals surface area contributed by atoms with E-state index in [-0.39, 0.29) is 23.0 Å². The number of carbonyl (C=O) groups excluding carboxylic acids is 1. The highest BCUT2D eigenvalue weighted by Gasteiger charge is 2.38. The second kappa shape index (κ2) is 7.29. The fourth-order valence-corrected chi connectivity index (χ4v) is 3.86. The lowest BCUT2D eigenvalue weighted by Crippen LogP contribution is -2.36. The molecule has 148 valence electrons. The van der Waals surface area contributed by atoms with Gasteiger partial charge in [0.25, 0.3) is 11.5 Å². The number of anilines is 2. The Kier molecular flexibility index (Phi) is 4.96. The number of pyridine rings is 1. The zero-order valence-electron chi connectivity index (χ0n) is 15.1. The van der Waals surface area contributed by atoms with E-state index in [9.17, 15) is 14.0 Å². The van der Waals surface area contributed by atoms with E-state index in [0.29, 0.717) is 29.6 Å². The van der Waals surface area contributed by atoms with Crippen molar-refractivity contribution in [1.82, 2.24) is 9.63 Å². The average Bonchev–Trinajstić information content (AvgIpc) is 3.37. The van der Waals surface area contributed by atoms with Crippen molar-refractivity contribution in [3.05, 3.63) is 55.9 Å². The molecule has 0 spiro atoms. The van der Waals surface area contributed by atoms with Gasteiger partial charge in [-0.1, -0.05) is 15.9 Å². The van der Waals surface area contributed by atoms with E-state index < -0.39 is 23.1 Å². The van der Waals surface area contributed by atoms with Crippen molar-refractivity contribution >= 4 is 33.2 Å². The molecular formula is C19H18BrF2N3O3. The van der Waals surface area contributed by atoms with Crippen LogP contribution in [0.15, 0.2) is 27.5 Å². The normalized spacial score (nSPS) is 15.4. The second-order valence-corrected chi connectivity index (χ2v) is 7.78. The van der Waals surface area contributed by atoms with Crippen LogP contribution in [-0.2, 0) is 17.8 Å². The minimum atomic E-state index is -1.11. The van der Waals surface area contributed by atoms with Gasteiger partial charge in [0.15, 0.2) is 0 Å². The molecule has 1 fully saturated rings. The van der Waals surface area contributed by atoms with E-state index in [0.717, 1.165) is 12.8 Å². The molecule has 2 aliphatic rings. The maximum atomic E-state index is 15.0. The summed E-state index contributed by atoms with van der Waals surface area (Å²) in [6, 6.07) is 4.13. The smallest absolute Gasteiger partial charge is 0.289 e. The number of rotatable bonds is 5. The standard InChI is InChI=1S/C19H18BrF2N3O3/c1-28-25(11-5-6-11)18(26)15-14-3-2-8-24(14)19(27)16(22)17(15)23-13-7-4-10(20)9-12(13)21/h4,7,9,11,23H,2-3,5-6,8H2,1H3. The first kappa shape index (κ1) is 19.1. The van der Waals surface area contributed by atoms with Crippen LogP contribution in [0, 0.1) is 11.6 Å². The molecule has 1 aromatic heterocycles. The average molecular weight is 454 g/mol. The number of hydrogen-bond acceptors (Lipinski definition) is 4. The van der Waals surface area contributed by atoms with Crippen LogP contribution in [-0.4, -0.2) is 28.7 Å². The maximum absolute atomic E-state index is 15.0. The van der Waals surface area contributed by atoms with Crippen LogP contribution in [0.25, 0.3) is 0 Å². The van der Waals surface area contributed by atoms with Crippen molar-refractivity contribution in [2.45, 2.75) is 38.3 Å². The number of fused-ring (bicyclic) bond motifs is 1. The summed E-state index contributed by atoms with van der Waals surface area (Å²) in [6.45, 7) is 0.342. The lowest BCUT2D eigenvalue weighted by atomic mass is 10.1. The fourth-order valence-electron chi connectivity index (χ4n) is 3.53. The molecule has 0 atom stereocenters. The number of halogens is 3. The summed E-state index contributed by atoms with van der Waals surface area (Å²) < 4.78 is 31.1. The Morgan fingerprint density at radius 2 is 2.11 bits per heavy atom. The minimum Gasteiger partial charge on any atom is -0.350 e. The topological polar surface area (TPSA) is 63.6 Å². The predicted molar refractivity (Wildman–Crippen MR) is 103 cm³/mol. The molecule has 4 rings (SSSR count). The Morgan fingerprint density at radius 1 is 1.36 bits per heavy atom. The van der Waals surface area contributed by atoms with Crippen LogP contribution in [0.4, 0.5) is 20.2 Å². The fraction of sp³-hybridized carbons (Fsp3) is 0.368. The molecule has 2 aromatic rings. The number of amides is 1. The van der Waals surface area contributed by atoms with Crippen LogP contribution in [0.3, 0.4) is 0 Å². The summed E-state index contributed by atoms with van der Waals surface area (Å²) in [6.07, 6.45) is 2.67. The van der Waals surface area contributed by atoms with Gasteiger partial charge >= 0.3 is 0 Å². The number of carbonyl (C=O) groups is 1. The molecule has 0 bridgehead atoms. The van der Waals surface area contributed by atoms with Crippen LogP contribution >= 0.6 is 15.9 Å². The molecule has 1 amide bonds. The Morgan fingerprint density at radius 3 is 2.75 bits per heavy atom. The van der Waals surface area contributed by atoms with Crippen molar-refractivity contribution in [3.8, 4) is 0 Å². The third kappa shape index (κ3) is 3.22. The molecule has 1 aliphatic carbocycles. The summed E-state index contributed by atoms with van der Waals surface area (Å²) in [7, 11) is 1.38. The first-order chi connectivity index (χ1) is 13.4. The highest BCUT2D eigenvalue weighted by Crippen LogP contribution is 2.34. The Balaban J connectivity index is 1.88. The number of nitrogens with zero attached hydrogens (tertiary/aromatic N) is 2. The summed E-state index contributed by atoms with van der Waals surface area (Å²) >= 11 is 3.16.